The van der Waals surface area contributed by atoms with E-state index in [2.05, 4.69) is 4.18 Å². The van der Waals surface area contributed by atoms with Gasteiger partial charge in [-0.2, -0.15) is 8.42 Å². The van der Waals surface area contributed by atoms with Crippen molar-refractivity contribution < 1.29 is 31.6 Å². The number of carbonyl (C=O) groups is 1. The van der Waals surface area contributed by atoms with Crippen LogP contribution in [0.4, 0.5) is 4.39 Å². The zero-order chi connectivity index (χ0) is 15.2. The highest BCUT2D eigenvalue weighted by Crippen LogP contribution is 2.18. The van der Waals surface area contributed by atoms with Crippen molar-refractivity contribution in [3.63, 3.8) is 0 Å². The van der Waals surface area contributed by atoms with E-state index >= 15 is 0 Å². The Bertz CT molecular complexity index is 569. The van der Waals surface area contributed by atoms with Crippen molar-refractivity contribution in [2.75, 3.05) is 19.5 Å². The van der Waals surface area contributed by atoms with Crippen molar-refractivity contribution in [3.8, 4) is 5.75 Å². The van der Waals surface area contributed by atoms with Crippen molar-refractivity contribution in [2.45, 2.75) is 12.8 Å². The molecule has 1 aromatic carbocycles. The highest BCUT2D eigenvalue weighted by atomic mass is 32.2. The first-order valence-electron chi connectivity index (χ1n) is 5.75. The van der Waals surface area contributed by atoms with E-state index in [-0.39, 0.29) is 18.8 Å². The first-order chi connectivity index (χ1) is 9.28. The van der Waals surface area contributed by atoms with E-state index in [1.807, 2.05) is 0 Å². The molecule has 0 atom stereocenters. The molecule has 0 unspecified atom stereocenters. The van der Waals surface area contributed by atoms with Gasteiger partial charge in [0.05, 0.1) is 12.9 Å². The van der Waals surface area contributed by atoms with Crippen LogP contribution in [-0.4, -0.2) is 39.0 Å². The number of ether oxygens (including phenoxy) is 1. The van der Waals surface area contributed by atoms with Gasteiger partial charge in [0.2, 0.25) is 0 Å². The molecule has 0 amide bonds. The first kappa shape index (κ1) is 16.4. The number of aliphatic carboxylic acids is 1. The summed E-state index contributed by atoms with van der Waals surface area (Å²) in [6.07, 6.45) is 1.51. The zero-order valence-corrected chi connectivity index (χ0v) is 11.7. The van der Waals surface area contributed by atoms with Gasteiger partial charge in [-0.05, 0) is 36.6 Å². The number of carboxylic acids is 1. The molecule has 112 valence electrons. The molecule has 0 bridgehead atoms. The third kappa shape index (κ3) is 6.48. The van der Waals surface area contributed by atoms with E-state index < -0.39 is 28.5 Å². The topological polar surface area (TPSA) is 89.9 Å². The number of hydrogen-bond acceptors (Lipinski definition) is 5. The largest absolute Gasteiger partial charge is 0.482 e. The fourth-order valence-corrected chi connectivity index (χ4v) is 1.87. The van der Waals surface area contributed by atoms with Gasteiger partial charge < -0.3 is 9.84 Å². The Morgan fingerprint density at radius 2 is 2.10 bits per heavy atom. The first-order valence-corrected chi connectivity index (χ1v) is 7.57. The summed E-state index contributed by atoms with van der Waals surface area (Å²) in [5, 5.41) is 8.48. The van der Waals surface area contributed by atoms with Crippen molar-refractivity contribution in [3.05, 3.63) is 29.6 Å². The molecular formula is C12H15FO6S. The summed E-state index contributed by atoms with van der Waals surface area (Å²) >= 11 is 0. The number of rotatable bonds is 8. The number of benzene rings is 1. The molecule has 0 radical (unpaired) electrons. The van der Waals surface area contributed by atoms with Crippen LogP contribution in [0.2, 0.25) is 0 Å². The maximum Gasteiger partial charge on any atom is 0.341 e. The second-order valence-electron chi connectivity index (χ2n) is 4.07. The predicted octanol–water partition coefficient (Wildman–Crippen LogP) is 1.20. The number of halogens is 1. The summed E-state index contributed by atoms with van der Waals surface area (Å²) in [6, 6.07) is 3.89. The quantitative estimate of drug-likeness (QED) is 0.573. The van der Waals surface area contributed by atoms with Crippen molar-refractivity contribution >= 4 is 16.1 Å². The fraction of sp³-hybridized carbons (Fsp3) is 0.417. The molecule has 0 aliphatic carbocycles. The van der Waals surface area contributed by atoms with Crippen LogP contribution >= 0.6 is 0 Å². The van der Waals surface area contributed by atoms with Gasteiger partial charge in [0.25, 0.3) is 10.1 Å². The molecule has 0 saturated heterocycles. The molecule has 0 fully saturated rings. The summed E-state index contributed by atoms with van der Waals surface area (Å²) in [6.45, 7) is -0.555. The standard InChI is InChI=1S/C12H15FO6S/c1-20(16,17)19-6-2-3-9-7-10(4-5-11(9)13)18-8-12(14)15/h4-5,7H,2-3,6,8H2,1H3,(H,14,15). The number of aryl methyl sites for hydroxylation is 1. The Labute approximate surface area is 116 Å². The smallest absolute Gasteiger partial charge is 0.341 e. The van der Waals surface area contributed by atoms with Crippen LogP contribution in [-0.2, 0) is 25.5 Å². The van der Waals surface area contributed by atoms with E-state index in [1.54, 1.807) is 0 Å². The minimum atomic E-state index is -3.50. The van der Waals surface area contributed by atoms with Gasteiger partial charge in [-0.25, -0.2) is 9.18 Å². The van der Waals surface area contributed by atoms with Gasteiger partial charge in [-0.15, -0.1) is 0 Å². The molecule has 1 N–H and O–H groups in total. The van der Waals surface area contributed by atoms with Crippen molar-refractivity contribution in [2.24, 2.45) is 0 Å². The van der Waals surface area contributed by atoms with Gasteiger partial charge in [0.15, 0.2) is 6.61 Å². The molecule has 8 heteroatoms. The van der Waals surface area contributed by atoms with Gasteiger partial charge >= 0.3 is 5.97 Å². The lowest BCUT2D eigenvalue weighted by Gasteiger charge is -2.07. The van der Waals surface area contributed by atoms with Crippen LogP contribution < -0.4 is 4.74 Å². The summed E-state index contributed by atoms with van der Waals surface area (Å²) in [5.41, 5.74) is 0.310. The molecule has 20 heavy (non-hydrogen) atoms. The van der Waals surface area contributed by atoms with E-state index in [4.69, 9.17) is 9.84 Å². The summed E-state index contributed by atoms with van der Waals surface area (Å²) in [7, 11) is -3.50. The van der Waals surface area contributed by atoms with Crippen LogP contribution in [0.5, 0.6) is 5.75 Å². The molecule has 6 nitrogen and oxygen atoms in total. The lowest BCUT2D eigenvalue weighted by atomic mass is 10.1. The molecule has 0 aromatic heterocycles. The minimum Gasteiger partial charge on any atom is -0.482 e. The van der Waals surface area contributed by atoms with E-state index in [9.17, 15) is 17.6 Å². The average molecular weight is 306 g/mol. The van der Waals surface area contributed by atoms with Crippen molar-refractivity contribution in [1.29, 1.82) is 0 Å². The SMILES string of the molecule is CS(=O)(=O)OCCCc1cc(OCC(=O)O)ccc1F. The summed E-state index contributed by atoms with van der Waals surface area (Å²) < 4.78 is 44.5. The Kier molecular flexibility index (Phi) is 5.90. The van der Waals surface area contributed by atoms with Crippen LogP contribution in [0.1, 0.15) is 12.0 Å². The summed E-state index contributed by atoms with van der Waals surface area (Å²) in [5.74, 6) is -1.35. The second kappa shape index (κ2) is 7.20. The van der Waals surface area contributed by atoms with Crippen LogP contribution in [0.3, 0.4) is 0 Å². The van der Waals surface area contributed by atoms with E-state index in [0.29, 0.717) is 12.0 Å². The molecule has 0 aliphatic rings. The number of hydrogen-bond donors (Lipinski definition) is 1. The Balaban J connectivity index is 2.55. The predicted molar refractivity (Wildman–Crippen MR) is 68.6 cm³/mol. The lowest BCUT2D eigenvalue weighted by molar-refractivity contribution is -0.139. The second-order valence-corrected chi connectivity index (χ2v) is 5.71. The molecule has 0 heterocycles. The van der Waals surface area contributed by atoms with E-state index in [0.717, 1.165) is 6.26 Å². The molecule has 1 aromatic rings. The van der Waals surface area contributed by atoms with Crippen molar-refractivity contribution in [1.82, 2.24) is 0 Å². The molecule has 0 spiro atoms. The van der Waals surface area contributed by atoms with Gasteiger partial charge in [0.1, 0.15) is 11.6 Å². The molecule has 1 rings (SSSR count). The fourth-order valence-electron chi connectivity index (χ4n) is 1.45. The van der Waals surface area contributed by atoms with Crippen LogP contribution in [0.25, 0.3) is 0 Å². The third-order valence-corrected chi connectivity index (χ3v) is 2.86. The van der Waals surface area contributed by atoms with E-state index in [1.165, 1.54) is 18.2 Å². The van der Waals surface area contributed by atoms with Gasteiger partial charge in [-0.3, -0.25) is 4.18 Å². The Hall–Kier alpha value is -1.67. The monoisotopic (exact) mass is 306 g/mol. The van der Waals surface area contributed by atoms with Gasteiger partial charge in [0, 0.05) is 0 Å². The average Bonchev–Trinajstić information content (AvgIpc) is 2.33. The van der Waals surface area contributed by atoms with Crippen LogP contribution in [0, 0.1) is 5.82 Å². The maximum atomic E-state index is 13.5. The highest BCUT2D eigenvalue weighted by molar-refractivity contribution is 7.85. The molecule has 0 aliphatic heterocycles. The van der Waals surface area contributed by atoms with Gasteiger partial charge in [-0.1, -0.05) is 0 Å². The maximum absolute atomic E-state index is 13.5. The minimum absolute atomic E-state index is 0.0432. The highest BCUT2D eigenvalue weighted by Gasteiger charge is 2.07. The lowest BCUT2D eigenvalue weighted by Crippen LogP contribution is -2.10. The Morgan fingerprint density at radius 3 is 2.70 bits per heavy atom. The number of carboxylic acid groups (broad SMARTS) is 1. The Morgan fingerprint density at radius 1 is 1.40 bits per heavy atom. The summed E-state index contributed by atoms with van der Waals surface area (Å²) in [4.78, 5) is 10.4. The molecular weight excluding hydrogens is 291 g/mol. The zero-order valence-electron chi connectivity index (χ0n) is 10.8. The normalized spacial score (nSPS) is 11.3. The third-order valence-electron chi connectivity index (χ3n) is 2.27. The van der Waals surface area contributed by atoms with Crippen LogP contribution in [0.15, 0.2) is 18.2 Å². The molecule has 0 saturated carbocycles.